The summed E-state index contributed by atoms with van der Waals surface area (Å²) in [6, 6.07) is 7.82. The first-order valence-corrected chi connectivity index (χ1v) is 15.1. The molecule has 3 heterocycles. The van der Waals surface area contributed by atoms with Crippen molar-refractivity contribution in [2.45, 2.75) is 50.7 Å². The van der Waals surface area contributed by atoms with Crippen LogP contribution in [-0.4, -0.2) is 39.5 Å². The molecule has 1 fully saturated rings. The van der Waals surface area contributed by atoms with E-state index in [1.54, 1.807) is 41.5 Å². The second-order valence-corrected chi connectivity index (χ2v) is 12.8. The van der Waals surface area contributed by atoms with Gasteiger partial charge in [0.1, 0.15) is 5.01 Å². The lowest BCUT2D eigenvalue weighted by atomic mass is 10.3. The zero-order valence-corrected chi connectivity index (χ0v) is 23.7. The Labute approximate surface area is 228 Å². The van der Waals surface area contributed by atoms with E-state index in [1.807, 2.05) is 41.1 Å². The van der Waals surface area contributed by atoms with Crippen LogP contribution >= 0.6 is 45.8 Å². The molecule has 192 valence electrons. The molecule has 1 saturated carbocycles. The number of carbonyl (C=O) groups excluding carboxylic acids is 2. The lowest BCUT2D eigenvalue weighted by Crippen LogP contribution is -2.30. The molecule has 11 heteroatoms. The molecule has 7 nitrogen and oxygen atoms in total. The average Bonchev–Trinajstić information content (AvgIpc) is 3.22. The predicted octanol–water partition coefficient (Wildman–Crippen LogP) is 5.82. The van der Waals surface area contributed by atoms with Crippen LogP contribution in [0.15, 0.2) is 52.7 Å². The van der Waals surface area contributed by atoms with Gasteiger partial charge in [-0.15, -0.1) is 39.4 Å². The summed E-state index contributed by atoms with van der Waals surface area (Å²) >= 11 is 6.23. The van der Waals surface area contributed by atoms with E-state index in [1.165, 1.54) is 24.2 Å². The minimum atomic E-state index is -0.0217. The van der Waals surface area contributed by atoms with E-state index >= 15 is 0 Å². The molecule has 2 amide bonds. The maximum atomic E-state index is 11.8. The second kappa shape index (κ2) is 15.0. The van der Waals surface area contributed by atoms with E-state index in [2.05, 4.69) is 39.3 Å². The minimum absolute atomic E-state index is 0.0173. The van der Waals surface area contributed by atoms with Crippen molar-refractivity contribution >= 4 is 67.9 Å². The van der Waals surface area contributed by atoms with Gasteiger partial charge in [-0.1, -0.05) is 48.2 Å². The van der Waals surface area contributed by atoms with Crippen molar-refractivity contribution in [3.8, 4) is 0 Å². The number of rotatable bonds is 10. The smallest absolute Gasteiger partial charge is 0.231 e. The zero-order chi connectivity index (χ0) is 25.8. The maximum Gasteiger partial charge on any atom is 0.231 e. The highest BCUT2D eigenvalue weighted by atomic mass is 32.2. The van der Waals surface area contributed by atoms with Crippen molar-refractivity contribution in [3.05, 3.63) is 62.4 Å². The predicted molar refractivity (Wildman–Crippen MR) is 154 cm³/mol. The number of hydrogen-bond donors (Lipinski definition) is 2. The molecule has 36 heavy (non-hydrogen) atoms. The molecular weight excluding hydrogens is 531 g/mol. The molecule has 1 aliphatic carbocycles. The van der Waals surface area contributed by atoms with Crippen LogP contribution in [0.5, 0.6) is 0 Å². The molecular formula is C25H31N5O2S4. The van der Waals surface area contributed by atoms with Gasteiger partial charge in [0.05, 0.1) is 12.8 Å². The van der Waals surface area contributed by atoms with E-state index in [-0.39, 0.29) is 11.8 Å². The Hall–Kier alpha value is -2.34. The molecule has 1 aliphatic rings. The second-order valence-electron chi connectivity index (χ2n) is 8.24. The van der Waals surface area contributed by atoms with E-state index in [9.17, 15) is 9.59 Å². The monoisotopic (exact) mass is 561 g/mol. The third-order valence-electron chi connectivity index (χ3n) is 4.96. The number of allylic oxidation sites excluding steroid dienone is 1. The zero-order valence-electron chi connectivity index (χ0n) is 20.4. The fourth-order valence-corrected chi connectivity index (χ4v) is 6.21. The highest BCUT2D eigenvalue weighted by molar-refractivity contribution is 8.14. The van der Waals surface area contributed by atoms with Crippen LogP contribution in [-0.2, 0) is 28.9 Å². The Kier molecular flexibility index (Phi) is 11.8. The van der Waals surface area contributed by atoms with Gasteiger partial charge < -0.3 is 10.6 Å². The number of aliphatic imine (C=N–C) groups is 1. The number of carbonyl (C=O) groups is 2. The maximum absolute atomic E-state index is 11.8. The standard InChI is InChI=1S/C13H18N2OS2.C12H13N3OS2/c1-4-6-10(2)18-13(14-3)15-12(16)9-11-7-5-8-17-11;16-10(7-9-2-1-5-17-9)13-12-15-14-11(18-12)6-8-3-4-8/h4-5,7-8,10H,1,6,9H2,2-3H3,(H,14,15,16);1-2,5,8H,3-4,6-7H2,(H,13,15,16). The number of nitrogens with zero attached hydrogens (tertiary/aromatic N) is 3. The van der Waals surface area contributed by atoms with Gasteiger partial charge in [-0.25, -0.2) is 0 Å². The molecule has 0 radical (unpaired) electrons. The van der Waals surface area contributed by atoms with Gasteiger partial charge in [-0.2, -0.15) is 0 Å². The summed E-state index contributed by atoms with van der Waals surface area (Å²) < 4.78 is 0. The first-order valence-electron chi connectivity index (χ1n) is 11.7. The van der Waals surface area contributed by atoms with Gasteiger partial charge in [0.15, 0.2) is 5.17 Å². The summed E-state index contributed by atoms with van der Waals surface area (Å²) in [6.45, 7) is 5.79. The fourth-order valence-electron chi connectivity index (χ4n) is 3.04. The van der Waals surface area contributed by atoms with Crippen molar-refractivity contribution in [3.63, 3.8) is 0 Å². The first-order chi connectivity index (χ1) is 17.4. The molecule has 0 bridgehead atoms. The average molecular weight is 562 g/mol. The summed E-state index contributed by atoms with van der Waals surface area (Å²) in [7, 11) is 1.69. The Morgan fingerprint density at radius 3 is 2.39 bits per heavy atom. The molecule has 3 aromatic rings. The van der Waals surface area contributed by atoms with Crippen molar-refractivity contribution < 1.29 is 9.59 Å². The molecule has 1 unspecified atom stereocenters. The summed E-state index contributed by atoms with van der Waals surface area (Å²) in [5.74, 6) is 0.760. The molecule has 4 rings (SSSR count). The van der Waals surface area contributed by atoms with E-state index < -0.39 is 0 Å². The number of aromatic nitrogens is 2. The number of hydrogen-bond acceptors (Lipinski definition) is 9. The topological polar surface area (TPSA) is 96.3 Å². The van der Waals surface area contributed by atoms with Gasteiger partial charge in [0.25, 0.3) is 0 Å². The Bertz CT molecular complexity index is 1120. The van der Waals surface area contributed by atoms with Crippen molar-refractivity contribution in [1.82, 2.24) is 15.5 Å². The summed E-state index contributed by atoms with van der Waals surface area (Å²) in [4.78, 5) is 29.8. The number of thiophene rings is 2. The van der Waals surface area contributed by atoms with Crippen LogP contribution in [0, 0.1) is 5.92 Å². The minimum Gasteiger partial charge on any atom is -0.305 e. The number of amides is 2. The molecule has 2 N–H and O–H groups in total. The van der Waals surface area contributed by atoms with Crippen LogP contribution in [0.25, 0.3) is 0 Å². The largest absolute Gasteiger partial charge is 0.305 e. The number of anilines is 1. The van der Waals surface area contributed by atoms with E-state index in [4.69, 9.17) is 0 Å². The van der Waals surface area contributed by atoms with Crippen molar-refractivity contribution in [1.29, 1.82) is 0 Å². The molecule has 3 aromatic heterocycles. The van der Waals surface area contributed by atoms with Gasteiger partial charge in [-0.3, -0.25) is 14.6 Å². The normalized spacial score (nSPS) is 13.9. The van der Waals surface area contributed by atoms with Crippen LogP contribution < -0.4 is 10.6 Å². The van der Waals surface area contributed by atoms with Crippen LogP contribution in [0.3, 0.4) is 0 Å². The number of thioether (sulfide) groups is 1. The number of nitrogens with one attached hydrogen (secondary N) is 2. The van der Waals surface area contributed by atoms with Crippen molar-refractivity contribution in [2.75, 3.05) is 12.4 Å². The van der Waals surface area contributed by atoms with Gasteiger partial charge in [0, 0.05) is 28.5 Å². The van der Waals surface area contributed by atoms with E-state index in [0.29, 0.717) is 28.4 Å². The SMILES string of the molecule is C=CCC(C)SC(=NC)NC(=O)Cc1cccs1.O=C(Cc1cccs1)Nc1nnc(CC2CC2)s1. The number of amidine groups is 1. The summed E-state index contributed by atoms with van der Waals surface area (Å²) in [6.07, 6.45) is 7.21. The Balaban J connectivity index is 0.000000201. The summed E-state index contributed by atoms with van der Waals surface area (Å²) in [5.41, 5.74) is 0. The lowest BCUT2D eigenvalue weighted by Gasteiger charge is -2.11. The highest BCUT2D eigenvalue weighted by Gasteiger charge is 2.23. The molecule has 0 spiro atoms. The van der Waals surface area contributed by atoms with Gasteiger partial charge in [-0.05, 0) is 48.1 Å². The van der Waals surface area contributed by atoms with Gasteiger partial charge >= 0.3 is 0 Å². The Morgan fingerprint density at radius 1 is 1.17 bits per heavy atom. The van der Waals surface area contributed by atoms with Crippen molar-refractivity contribution in [2.24, 2.45) is 10.9 Å². The van der Waals surface area contributed by atoms with Crippen LogP contribution in [0.4, 0.5) is 5.13 Å². The molecule has 0 saturated heterocycles. The molecule has 0 aliphatic heterocycles. The fraction of sp³-hybridized carbons (Fsp3) is 0.400. The third-order valence-corrected chi connectivity index (χ3v) is 8.68. The van der Waals surface area contributed by atoms with Gasteiger partial charge in [0.2, 0.25) is 16.9 Å². The van der Waals surface area contributed by atoms with Crippen LogP contribution in [0.2, 0.25) is 0 Å². The quantitative estimate of drug-likeness (QED) is 0.185. The third kappa shape index (κ3) is 10.7. The lowest BCUT2D eigenvalue weighted by molar-refractivity contribution is -0.119. The van der Waals surface area contributed by atoms with Crippen LogP contribution in [0.1, 0.15) is 40.9 Å². The first kappa shape index (κ1) is 28.2. The summed E-state index contributed by atoms with van der Waals surface area (Å²) in [5, 5.41) is 20.4. The molecule has 1 atom stereocenters. The van der Waals surface area contributed by atoms with E-state index in [0.717, 1.165) is 33.5 Å². The Morgan fingerprint density at radius 2 is 1.83 bits per heavy atom. The highest BCUT2D eigenvalue weighted by Crippen LogP contribution is 2.33. The molecule has 0 aromatic carbocycles.